The molecule has 16 heavy (non-hydrogen) atoms. The van der Waals surface area contributed by atoms with E-state index in [0.717, 1.165) is 51.7 Å². The predicted octanol–water partition coefficient (Wildman–Crippen LogP) is 0.799. The summed E-state index contributed by atoms with van der Waals surface area (Å²) in [5, 5.41) is 3.69. The van der Waals surface area contributed by atoms with Crippen molar-refractivity contribution in [1.29, 1.82) is 0 Å². The molecule has 1 aliphatic heterocycles. The molecular weight excluding hydrogens is 204 g/mol. The van der Waals surface area contributed by atoms with Crippen LogP contribution in [0.2, 0.25) is 0 Å². The van der Waals surface area contributed by atoms with Gasteiger partial charge in [-0.25, -0.2) is 0 Å². The van der Waals surface area contributed by atoms with Crippen LogP contribution in [0.1, 0.15) is 38.5 Å². The highest BCUT2D eigenvalue weighted by molar-refractivity contribution is 5.76. The van der Waals surface area contributed by atoms with Crippen molar-refractivity contribution in [2.75, 3.05) is 13.2 Å². The topological polar surface area (TPSA) is 64.4 Å². The van der Waals surface area contributed by atoms with E-state index in [2.05, 4.69) is 5.32 Å². The summed E-state index contributed by atoms with van der Waals surface area (Å²) in [5.41, 5.74) is 5.32. The zero-order chi connectivity index (χ0) is 11.4. The minimum atomic E-state index is -0.121. The molecule has 0 aromatic carbocycles. The first kappa shape index (κ1) is 11.9. The minimum Gasteiger partial charge on any atom is -0.381 e. The van der Waals surface area contributed by atoms with Gasteiger partial charge in [0.2, 0.25) is 5.91 Å². The van der Waals surface area contributed by atoms with E-state index >= 15 is 0 Å². The number of rotatable bonds is 3. The van der Waals surface area contributed by atoms with Crippen LogP contribution in [0.5, 0.6) is 0 Å². The Hall–Kier alpha value is -0.610. The molecule has 0 aromatic rings. The van der Waals surface area contributed by atoms with Gasteiger partial charge in [-0.2, -0.15) is 0 Å². The van der Waals surface area contributed by atoms with Crippen LogP contribution in [0.25, 0.3) is 0 Å². The number of nitrogens with two attached hydrogens (primary N) is 1. The Morgan fingerprint density at radius 3 is 2.12 bits per heavy atom. The maximum Gasteiger partial charge on any atom is 0.220 e. The lowest BCUT2D eigenvalue weighted by molar-refractivity contribution is -0.122. The Kier molecular flexibility index (Phi) is 4.18. The van der Waals surface area contributed by atoms with Crippen molar-refractivity contribution >= 4 is 5.91 Å². The number of amides is 1. The first-order chi connectivity index (χ1) is 7.75. The molecule has 2 fully saturated rings. The Labute approximate surface area is 96.9 Å². The maximum absolute atomic E-state index is 11.0. The minimum absolute atomic E-state index is 0.118. The van der Waals surface area contributed by atoms with Crippen LogP contribution in [-0.4, -0.2) is 31.2 Å². The quantitative estimate of drug-likeness (QED) is 0.748. The summed E-state index contributed by atoms with van der Waals surface area (Å²) in [7, 11) is 0. The van der Waals surface area contributed by atoms with Crippen LogP contribution in [0.15, 0.2) is 0 Å². The van der Waals surface area contributed by atoms with Crippen LogP contribution in [0, 0.1) is 5.92 Å². The molecule has 3 N–H and O–H groups in total. The van der Waals surface area contributed by atoms with E-state index in [4.69, 9.17) is 10.5 Å². The summed E-state index contributed by atoms with van der Waals surface area (Å²) in [6.07, 6.45) is 6.33. The normalized spacial score (nSPS) is 32.5. The lowest BCUT2D eigenvalue weighted by atomic mass is 9.85. The average Bonchev–Trinajstić information content (AvgIpc) is 2.31. The van der Waals surface area contributed by atoms with Crippen molar-refractivity contribution < 1.29 is 9.53 Å². The Morgan fingerprint density at radius 2 is 1.56 bits per heavy atom. The van der Waals surface area contributed by atoms with Crippen molar-refractivity contribution in [2.45, 2.75) is 50.6 Å². The van der Waals surface area contributed by atoms with E-state index < -0.39 is 0 Å². The Morgan fingerprint density at radius 1 is 1.00 bits per heavy atom. The van der Waals surface area contributed by atoms with Gasteiger partial charge < -0.3 is 15.8 Å². The molecule has 1 saturated heterocycles. The molecule has 4 heteroatoms. The van der Waals surface area contributed by atoms with Crippen molar-refractivity contribution in [1.82, 2.24) is 5.32 Å². The van der Waals surface area contributed by atoms with Gasteiger partial charge in [0.1, 0.15) is 0 Å². The SMILES string of the molecule is NC(=O)C1CCC(NC2CCOCC2)CC1. The van der Waals surface area contributed by atoms with Gasteiger partial charge in [0.25, 0.3) is 0 Å². The predicted molar refractivity (Wildman–Crippen MR) is 61.9 cm³/mol. The third-order valence-electron chi connectivity index (χ3n) is 3.82. The van der Waals surface area contributed by atoms with E-state index in [1.807, 2.05) is 0 Å². The van der Waals surface area contributed by atoms with Gasteiger partial charge >= 0.3 is 0 Å². The van der Waals surface area contributed by atoms with E-state index in [1.165, 1.54) is 0 Å². The number of nitrogens with one attached hydrogen (secondary N) is 1. The molecular formula is C12H22N2O2. The third kappa shape index (κ3) is 3.19. The molecule has 0 bridgehead atoms. The largest absolute Gasteiger partial charge is 0.381 e. The average molecular weight is 226 g/mol. The summed E-state index contributed by atoms with van der Waals surface area (Å²) < 4.78 is 5.34. The van der Waals surface area contributed by atoms with Gasteiger partial charge in [0, 0.05) is 31.2 Å². The first-order valence-electron chi connectivity index (χ1n) is 6.39. The molecule has 1 amide bonds. The zero-order valence-corrected chi connectivity index (χ0v) is 9.78. The highest BCUT2D eigenvalue weighted by Crippen LogP contribution is 2.24. The second-order valence-electron chi connectivity index (χ2n) is 5.00. The molecule has 0 radical (unpaired) electrons. The third-order valence-corrected chi connectivity index (χ3v) is 3.82. The van der Waals surface area contributed by atoms with E-state index in [1.54, 1.807) is 0 Å². The fraction of sp³-hybridized carbons (Fsp3) is 0.917. The first-order valence-corrected chi connectivity index (χ1v) is 6.39. The lowest BCUT2D eigenvalue weighted by Gasteiger charge is -2.32. The van der Waals surface area contributed by atoms with Gasteiger partial charge in [-0.1, -0.05) is 0 Å². The van der Waals surface area contributed by atoms with Gasteiger partial charge in [0.05, 0.1) is 0 Å². The number of carbonyl (C=O) groups excluding carboxylic acids is 1. The molecule has 0 spiro atoms. The van der Waals surface area contributed by atoms with Crippen molar-refractivity contribution in [3.8, 4) is 0 Å². The Bertz CT molecular complexity index is 231. The van der Waals surface area contributed by atoms with E-state index in [0.29, 0.717) is 12.1 Å². The highest BCUT2D eigenvalue weighted by Gasteiger charge is 2.26. The summed E-state index contributed by atoms with van der Waals surface area (Å²) in [6, 6.07) is 1.20. The number of hydrogen-bond acceptors (Lipinski definition) is 3. The molecule has 2 aliphatic rings. The van der Waals surface area contributed by atoms with Gasteiger partial charge in [-0.05, 0) is 38.5 Å². The van der Waals surface area contributed by atoms with E-state index in [-0.39, 0.29) is 11.8 Å². The highest BCUT2D eigenvalue weighted by atomic mass is 16.5. The molecule has 0 unspecified atom stereocenters. The molecule has 4 nitrogen and oxygen atoms in total. The molecule has 2 rings (SSSR count). The summed E-state index contributed by atoms with van der Waals surface area (Å²) in [5.74, 6) is -0.00254. The van der Waals surface area contributed by atoms with Crippen LogP contribution < -0.4 is 11.1 Å². The van der Waals surface area contributed by atoms with Crippen molar-refractivity contribution in [2.24, 2.45) is 11.7 Å². The Balaban J connectivity index is 1.70. The van der Waals surface area contributed by atoms with Gasteiger partial charge in [-0.3, -0.25) is 4.79 Å². The van der Waals surface area contributed by atoms with Crippen LogP contribution in [0.3, 0.4) is 0 Å². The monoisotopic (exact) mass is 226 g/mol. The summed E-state index contributed by atoms with van der Waals surface area (Å²) >= 11 is 0. The lowest BCUT2D eigenvalue weighted by Crippen LogP contribution is -2.44. The van der Waals surface area contributed by atoms with Crippen LogP contribution >= 0.6 is 0 Å². The fourth-order valence-electron chi connectivity index (χ4n) is 2.74. The molecule has 0 aromatic heterocycles. The molecule has 1 aliphatic carbocycles. The number of primary amides is 1. The van der Waals surface area contributed by atoms with E-state index in [9.17, 15) is 4.79 Å². The number of ether oxygens (including phenoxy) is 1. The fourth-order valence-corrected chi connectivity index (χ4v) is 2.74. The van der Waals surface area contributed by atoms with Gasteiger partial charge in [0.15, 0.2) is 0 Å². The van der Waals surface area contributed by atoms with Crippen LogP contribution in [0.4, 0.5) is 0 Å². The smallest absolute Gasteiger partial charge is 0.220 e. The number of carbonyl (C=O) groups is 1. The summed E-state index contributed by atoms with van der Waals surface area (Å²) in [6.45, 7) is 1.77. The standard InChI is InChI=1S/C12H22N2O2/c13-12(15)9-1-3-10(4-2-9)14-11-5-7-16-8-6-11/h9-11,14H,1-8H2,(H2,13,15). The van der Waals surface area contributed by atoms with Gasteiger partial charge in [-0.15, -0.1) is 0 Å². The number of hydrogen-bond donors (Lipinski definition) is 2. The molecule has 0 atom stereocenters. The second kappa shape index (κ2) is 5.64. The molecule has 1 saturated carbocycles. The van der Waals surface area contributed by atoms with Crippen LogP contribution in [-0.2, 0) is 9.53 Å². The maximum atomic E-state index is 11.0. The second-order valence-corrected chi connectivity index (χ2v) is 5.00. The van der Waals surface area contributed by atoms with Crippen molar-refractivity contribution in [3.63, 3.8) is 0 Å². The molecule has 1 heterocycles. The van der Waals surface area contributed by atoms with Crippen molar-refractivity contribution in [3.05, 3.63) is 0 Å². The zero-order valence-electron chi connectivity index (χ0n) is 9.78. The summed E-state index contributed by atoms with van der Waals surface area (Å²) in [4.78, 5) is 11.0. The molecule has 92 valence electrons.